The van der Waals surface area contributed by atoms with Gasteiger partial charge >= 0.3 is 0 Å². The first-order valence-corrected chi connectivity index (χ1v) is 11.7. The standard InChI is InChI=1S/C27H28Cl2N2O3/c1-18-13-22(14-19(2)26(18)29)34-17-25(32)31(16-21-11-7-8-12-23(21)28)24(27(33)30-3)15-20-9-5-4-6-10-20/h4-14,24H,15-17H2,1-3H3,(H,30,33)/t24-/m1/s1. The fourth-order valence-corrected chi connectivity index (χ4v) is 4.05. The lowest BCUT2D eigenvalue weighted by Gasteiger charge is -2.31. The Morgan fingerprint density at radius 1 is 0.971 bits per heavy atom. The van der Waals surface area contributed by atoms with Gasteiger partial charge in [0, 0.05) is 30.1 Å². The highest BCUT2D eigenvalue weighted by atomic mass is 35.5. The van der Waals surface area contributed by atoms with Crippen molar-refractivity contribution in [3.63, 3.8) is 0 Å². The molecule has 3 rings (SSSR count). The first-order valence-electron chi connectivity index (χ1n) is 11.0. The number of carbonyl (C=O) groups is 2. The van der Waals surface area contributed by atoms with E-state index >= 15 is 0 Å². The van der Waals surface area contributed by atoms with E-state index in [0.717, 1.165) is 22.3 Å². The molecule has 178 valence electrons. The summed E-state index contributed by atoms with van der Waals surface area (Å²) in [6.45, 7) is 3.71. The Balaban J connectivity index is 1.90. The minimum Gasteiger partial charge on any atom is -0.484 e. The smallest absolute Gasteiger partial charge is 0.261 e. The van der Waals surface area contributed by atoms with Crippen molar-refractivity contribution in [3.05, 3.63) is 99.0 Å². The molecule has 0 unspecified atom stereocenters. The summed E-state index contributed by atoms with van der Waals surface area (Å²) in [6, 6.07) is 19.7. The van der Waals surface area contributed by atoms with Gasteiger partial charge in [0.1, 0.15) is 11.8 Å². The number of nitrogens with one attached hydrogen (secondary N) is 1. The molecule has 0 fully saturated rings. The van der Waals surface area contributed by atoms with Crippen LogP contribution in [0.3, 0.4) is 0 Å². The zero-order valence-corrected chi connectivity index (χ0v) is 21.0. The SMILES string of the molecule is CNC(=O)[C@@H](Cc1ccccc1)N(Cc1ccccc1Cl)C(=O)COc1cc(C)c(Cl)c(C)c1. The Morgan fingerprint density at radius 3 is 2.21 bits per heavy atom. The normalized spacial score (nSPS) is 11.6. The topological polar surface area (TPSA) is 58.6 Å². The van der Waals surface area contributed by atoms with Gasteiger partial charge in [0.15, 0.2) is 6.61 Å². The van der Waals surface area contributed by atoms with Gasteiger partial charge in [-0.3, -0.25) is 9.59 Å². The Labute approximate surface area is 210 Å². The van der Waals surface area contributed by atoms with Crippen molar-refractivity contribution in [1.82, 2.24) is 10.2 Å². The monoisotopic (exact) mass is 498 g/mol. The molecule has 0 heterocycles. The number of nitrogens with zero attached hydrogens (tertiary/aromatic N) is 1. The van der Waals surface area contributed by atoms with Crippen molar-refractivity contribution in [1.29, 1.82) is 0 Å². The molecule has 0 aliphatic rings. The van der Waals surface area contributed by atoms with Gasteiger partial charge in [-0.2, -0.15) is 0 Å². The lowest BCUT2D eigenvalue weighted by molar-refractivity contribution is -0.142. The predicted molar refractivity (Wildman–Crippen MR) is 136 cm³/mol. The molecular formula is C27H28Cl2N2O3. The quantitative estimate of drug-likeness (QED) is 0.431. The third-order valence-electron chi connectivity index (χ3n) is 5.59. The number of halogens is 2. The maximum Gasteiger partial charge on any atom is 0.261 e. The number of amides is 2. The van der Waals surface area contributed by atoms with Crippen LogP contribution in [0.5, 0.6) is 5.75 Å². The van der Waals surface area contributed by atoms with Crippen molar-refractivity contribution >= 4 is 35.0 Å². The molecule has 0 saturated heterocycles. The molecule has 0 saturated carbocycles. The molecular weight excluding hydrogens is 471 g/mol. The number of carbonyl (C=O) groups excluding carboxylic acids is 2. The molecule has 0 aliphatic carbocycles. The average molecular weight is 499 g/mol. The molecule has 0 aromatic heterocycles. The van der Waals surface area contributed by atoms with Gasteiger partial charge in [0.25, 0.3) is 5.91 Å². The Hall–Kier alpha value is -3.02. The molecule has 0 bridgehead atoms. The van der Waals surface area contributed by atoms with E-state index < -0.39 is 6.04 Å². The Kier molecular flexibility index (Phi) is 8.97. The third-order valence-corrected chi connectivity index (χ3v) is 6.55. The van der Waals surface area contributed by atoms with E-state index in [1.807, 2.05) is 62.4 Å². The molecule has 7 heteroatoms. The van der Waals surface area contributed by atoms with Gasteiger partial charge in [0.05, 0.1) is 0 Å². The summed E-state index contributed by atoms with van der Waals surface area (Å²) in [7, 11) is 1.56. The van der Waals surface area contributed by atoms with E-state index in [-0.39, 0.29) is 25.0 Å². The fourth-order valence-electron chi connectivity index (χ4n) is 3.75. The summed E-state index contributed by atoms with van der Waals surface area (Å²) in [5.74, 6) is -0.0397. The highest BCUT2D eigenvalue weighted by Crippen LogP contribution is 2.26. The van der Waals surface area contributed by atoms with E-state index in [1.165, 1.54) is 4.90 Å². The van der Waals surface area contributed by atoms with Crippen molar-refractivity contribution in [2.75, 3.05) is 13.7 Å². The van der Waals surface area contributed by atoms with Crippen LogP contribution in [-0.2, 0) is 22.6 Å². The molecule has 3 aromatic carbocycles. The van der Waals surface area contributed by atoms with Gasteiger partial charge in [0.2, 0.25) is 5.91 Å². The second-order valence-corrected chi connectivity index (χ2v) is 8.88. The summed E-state index contributed by atoms with van der Waals surface area (Å²) in [5.41, 5.74) is 3.42. The maximum absolute atomic E-state index is 13.5. The van der Waals surface area contributed by atoms with Crippen LogP contribution < -0.4 is 10.1 Å². The predicted octanol–water partition coefficient (Wildman–Crippen LogP) is 5.38. The van der Waals surface area contributed by atoms with Gasteiger partial charge in [-0.05, 0) is 54.3 Å². The molecule has 0 aliphatic heterocycles. The lowest BCUT2D eigenvalue weighted by atomic mass is 10.0. The van der Waals surface area contributed by atoms with E-state index in [4.69, 9.17) is 27.9 Å². The summed E-state index contributed by atoms with van der Waals surface area (Å²) in [4.78, 5) is 27.9. The van der Waals surface area contributed by atoms with E-state index in [1.54, 1.807) is 25.2 Å². The fraction of sp³-hybridized carbons (Fsp3) is 0.259. The zero-order valence-electron chi connectivity index (χ0n) is 19.5. The number of rotatable bonds is 9. The highest BCUT2D eigenvalue weighted by molar-refractivity contribution is 6.32. The van der Waals surface area contributed by atoms with Gasteiger partial charge in [-0.15, -0.1) is 0 Å². The lowest BCUT2D eigenvalue weighted by Crippen LogP contribution is -2.51. The first-order chi connectivity index (χ1) is 16.3. The summed E-state index contributed by atoms with van der Waals surface area (Å²) >= 11 is 12.6. The average Bonchev–Trinajstić information content (AvgIpc) is 2.84. The van der Waals surface area contributed by atoms with Crippen LogP contribution in [0.1, 0.15) is 22.3 Å². The Morgan fingerprint density at radius 2 is 1.59 bits per heavy atom. The maximum atomic E-state index is 13.5. The number of hydrogen-bond acceptors (Lipinski definition) is 3. The van der Waals surface area contributed by atoms with E-state index in [0.29, 0.717) is 22.2 Å². The molecule has 0 radical (unpaired) electrons. The third kappa shape index (κ3) is 6.52. The molecule has 1 N–H and O–H groups in total. The highest BCUT2D eigenvalue weighted by Gasteiger charge is 2.30. The second-order valence-electron chi connectivity index (χ2n) is 8.09. The second kappa shape index (κ2) is 11.9. The number of likely N-dealkylation sites (N-methyl/N-ethyl adjacent to an activating group) is 1. The molecule has 5 nitrogen and oxygen atoms in total. The number of ether oxygens (including phenoxy) is 1. The number of benzene rings is 3. The van der Waals surface area contributed by atoms with Crippen molar-refractivity contribution in [2.45, 2.75) is 32.9 Å². The van der Waals surface area contributed by atoms with Crippen LogP contribution in [-0.4, -0.2) is 36.4 Å². The first kappa shape index (κ1) is 25.6. The van der Waals surface area contributed by atoms with Gasteiger partial charge < -0.3 is 15.0 Å². The van der Waals surface area contributed by atoms with Crippen LogP contribution in [0.25, 0.3) is 0 Å². The molecule has 0 spiro atoms. The van der Waals surface area contributed by atoms with Gasteiger partial charge in [-0.1, -0.05) is 71.7 Å². The van der Waals surface area contributed by atoms with Crippen molar-refractivity contribution in [3.8, 4) is 5.75 Å². The molecule has 34 heavy (non-hydrogen) atoms. The number of aryl methyl sites for hydroxylation is 2. The number of hydrogen-bond donors (Lipinski definition) is 1. The molecule has 2 amide bonds. The van der Waals surface area contributed by atoms with Crippen LogP contribution in [0.4, 0.5) is 0 Å². The van der Waals surface area contributed by atoms with Crippen LogP contribution >= 0.6 is 23.2 Å². The summed E-state index contributed by atoms with van der Waals surface area (Å²) < 4.78 is 5.83. The molecule has 1 atom stereocenters. The summed E-state index contributed by atoms with van der Waals surface area (Å²) in [5, 5.41) is 3.89. The minimum absolute atomic E-state index is 0.172. The molecule has 3 aromatic rings. The summed E-state index contributed by atoms with van der Waals surface area (Å²) in [6.07, 6.45) is 0.357. The largest absolute Gasteiger partial charge is 0.484 e. The van der Waals surface area contributed by atoms with Crippen LogP contribution in [0.15, 0.2) is 66.7 Å². The van der Waals surface area contributed by atoms with E-state index in [2.05, 4.69) is 5.32 Å². The van der Waals surface area contributed by atoms with Crippen molar-refractivity contribution < 1.29 is 14.3 Å². The van der Waals surface area contributed by atoms with Crippen LogP contribution in [0.2, 0.25) is 10.0 Å². The minimum atomic E-state index is -0.742. The van der Waals surface area contributed by atoms with Crippen LogP contribution in [0, 0.1) is 13.8 Å². The Bertz CT molecular complexity index is 1130. The van der Waals surface area contributed by atoms with E-state index in [9.17, 15) is 9.59 Å². The van der Waals surface area contributed by atoms with Crippen molar-refractivity contribution in [2.24, 2.45) is 0 Å². The zero-order chi connectivity index (χ0) is 24.7. The van der Waals surface area contributed by atoms with Gasteiger partial charge in [-0.25, -0.2) is 0 Å².